The third kappa shape index (κ3) is 4.14. The second kappa shape index (κ2) is 8.43. The first-order chi connectivity index (χ1) is 14.9. The Bertz CT molecular complexity index is 1220. The highest BCUT2D eigenvalue weighted by Crippen LogP contribution is 2.37. The van der Waals surface area contributed by atoms with E-state index in [0.29, 0.717) is 31.6 Å². The van der Waals surface area contributed by atoms with Crippen LogP contribution in [0.1, 0.15) is 27.0 Å². The van der Waals surface area contributed by atoms with Crippen molar-refractivity contribution < 1.29 is 23.1 Å². The van der Waals surface area contributed by atoms with Crippen molar-refractivity contribution in [3.8, 4) is 5.75 Å². The normalized spacial score (nSPS) is 13.1. The molecule has 1 aliphatic heterocycles. The summed E-state index contributed by atoms with van der Waals surface area (Å²) >= 11 is 0. The number of carboxylic acids is 1. The molecule has 0 saturated heterocycles. The van der Waals surface area contributed by atoms with Crippen LogP contribution in [0.2, 0.25) is 0 Å². The predicted octanol–water partition coefficient (Wildman–Crippen LogP) is 3.93. The van der Waals surface area contributed by atoms with E-state index in [1.807, 2.05) is 18.2 Å². The molecule has 0 amide bonds. The lowest BCUT2D eigenvalue weighted by Gasteiger charge is -2.22. The quantitative estimate of drug-likeness (QED) is 0.606. The van der Waals surface area contributed by atoms with Crippen LogP contribution in [0.5, 0.6) is 5.75 Å². The third-order valence-corrected chi connectivity index (χ3v) is 7.34. The molecule has 31 heavy (non-hydrogen) atoms. The summed E-state index contributed by atoms with van der Waals surface area (Å²) in [4.78, 5) is 11.2. The van der Waals surface area contributed by atoms with Gasteiger partial charge in [0, 0.05) is 12.6 Å². The number of anilines is 1. The van der Waals surface area contributed by atoms with E-state index in [0.717, 1.165) is 22.4 Å². The second-order valence-corrected chi connectivity index (χ2v) is 9.30. The maximum Gasteiger partial charge on any atom is 0.335 e. The SMILES string of the molecule is COc1cccc(S(=O)(=O)N2CCc3cccc(CCc4ccc(C(=O)O)cc4)c32)c1. The Balaban J connectivity index is 1.62. The Kier molecular flexibility index (Phi) is 5.69. The molecule has 0 atom stereocenters. The Morgan fingerprint density at radius 2 is 1.77 bits per heavy atom. The third-order valence-electron chi connectivity index (χ3n) is 5.55. The molecule has 4 rings (SSSR count). The number of ether oxygens (including phenoxy) is 1. The lowest BCUT2D eigenvalue weighted by molar-refractivity contribution is 0.0697. The predicted molar refractivity (Wildman–Crippen MR) is 118 cm³/mol. The van der Waals surface area contributed by atoms with Crippen molar-refractivity contribution >= 4 is 21.7 Å². The molecule has 0 aromatic heterocycles. The standard InChI is InChI=1S/C24H23NO5S/c1-30-21-6-3-7-22(16-21)31(28,29)25-15-14-19-5-2-4-18(23(19)25)11-8-17-9-12-20(13-10-17)24(26)27/h2-7,9-10,12-13,16H,8,11,14-15H2,1H3,(H,26,27). The first-order valence-corrected chi connectivity index (χ1v) is 11.4. The molecule has 3 aromatic rings. The van der Waals surface area contributed by atoms with Crippen LogP contribution >= 0.6 is 0 Å². The van der Waals surface area contributed by atoms with Crippen LogP contribution in [0.3, 0.4) is 0 Å². The first kappa shape index (κ1) is 20.9. The molecule has 0 aliphatic carbocycles. The Morgan fingerprint density at radius 3 is 2.48 bits per heavy atom. The average Bonchev–Trinajstić information content (AvgIpc) is 3.23. The molecular weight excluding hydrogens is 414 g/mol. The van der Waals surface area contributed by atoms with Gasteiger partial charge in [-0.25, -0.2) is 13.2 Å². The van der Waals surface area contributed by atoms with Gasteiger partial charge >= 0.3 is 5.97 Å². The van der Waals surface area contributed by atoms with Crippen LogP contribution in [-0.2, 0) is 29.3 Å². The smallest absolute Gasteiger partial charge is 0.335 e. The molecular formula is C24H23NO5S. The molecule has 3 aromatic carbocycles. The van der Waals surface area contributed by atoms with E-state index in [2.05, 4.69) is 0 Å². The molecule has 0 spiro atoms. The summed E-state index contributed by atoms with van der Waals surface area (Å²) in [5.41, 5.74) is 3.99. The van der Waals surface area contributed by atoms with Crippen molar-refractivity contribution in [3.63, 3.8) is 0 Å². The molecule has 1 N–H and O–H groups in total. The molecule has 0 fully saturated rings. The van der Waals surface area contributed by atoms with Gasteiger partial charge in [0.15, 0.2) is 0 Å². The fourth-order valence-corrected chi connectivity index (χ4v) is 5.50. The van der Waals surface area contributed by atoms with Gasteiger partial charge in [-0.05, 0) is 60.2 Å². The van der Waals surface area contributed by atoms with Crippen LogP contribution in [0, 0.1) is 0 Å². The molecule has 6 nitrogen and oxygen atoms in total. The second-order valence-electron chi connectivity index (χ2n) is 7.43. The summed E-state index contributed by atoms with van der Waals surface area (Å²) in [5.74, 6) is -0.454. The first-order valence-electron chi connectivity index (χ1n) is 10.00. The number of carboxylic acid groups (broad SMARTS) is 1. The lowest BCUT2D eigenvalue weighted by atomic mass is 10.00. The number of hydrogen-bond donors (Lipinski definition) is 1. The summed E-state index contributed by atoms with van der Waals surface area (Å²) in [6.07, 6.45) is 2.00. The monoisotopic (exact) mass is 437 g/mol. The number of para-hydroxylation sites is 1. The zero-order valence-corrected chi connectivity index (χ0v) is 17.9. The van der Waals surface area contributed by atoms with Crippen molar-refractivity contribution in [1.29, 1.82) is 0 Å². The van der Waals surface area contributed by atoms with E-state index in [4.69, 9.17) is 9.84 Å². The Hall–Kier alpha value is -3.32. The van der Waals surface area contributed by atoms with Gasteiger partial charge in [0.1, 0.15) is 5.75 Å². The number of fused-ring (bicyclic) bond motifs is 1. The highest BCUT2D eigenvalue weighted by Gasteiger charge is 2.32. The molecule has 1 aliphatic rings. The minimum Gasteiger partial charge on any atom is -0.497 e. The van der Waals surface area contributed by atoms with Crippen LogP contribution in [0.15, 0.2) is 71.6 Å². The van der Waals surface area contributed by atoms with Crippen LogP contribution in [-0.4, -0.2) is 33.1 Å². The number of aromatic carboxylic acids is 1. The maximum absolute atomic E-state index is 13.4. The number of benzene rings is 3. The van der Waals surface area contributed by atoms with Gasteiger partial charge in [-0.3, -0.25) is 4.31 Å². The summed E-state index contributed by atoms with van der Waals surface area (Å²) < 4.78 is 33.5. The topological polar surface area (TPSA) is 83.9 Å². The fourth-order valence-electron chi connectivity index (χ4n) is 3.92. The fraction of sp³-hybridized carbons (Fsp3) is 0.208. The molecule has 0 unspecified atom stereocenters. The number of methoxy groups -OCH3 is 1. The summed E-state index contributed by atoms with van der Waals surface area (Å²) in [6, 6.07) is 19.2. The lowest BCUT2D eigenvalue weighted by Crippen LogP contribution is -2.30. The summed E-state index contributed by atoms with van der Waals surface area (Å²) in [6.45, 7) is 0.402. The molecule has 160 valence electrons. The van der Waals surface area contributed by atoms with Gasteiger partial charge in [-0.2, -0.15) is 0 Å². The van der Waals surface area contributed by atoms with Gasteiger partial charge in [0.25, 0.3) is 10.0 Å². The number of hydrogen-bond acceptors (Lipinski definition) is 4. The van der Waals surface area contributed by atoms with E-state index in [1.54, 1.807) is 48.5 Å². The van der Waals surface area contributed by atoms with Crippen LogP contribution < -0.4 is 9.04 Å². The summed E-state index contributed by atoms with van der Waals surface area (Å²) in [5, 5.41) is 9.05. The van der Waals surface area contributed by atoms with Gasteiger partial charge in [0.2, 0.25) is 0 Å². The number of rotatable bonds is 7. The van der Waals surface area contributed by atoms with Crippen molar-refractivity contribution in [2.24, 2.45) is 0 Å². The van der Waals surface area contributed by atoms with E-state index in [9.17, 15) is 13.2 Å². The number of sulfonamides is 1. The zero-order valence-electron chi connectivity index (χ0n) is 17.1. The average molecular weight is 438 g/mol. The van der Waals surface area contributed by atoms with E-state index in [-0.39, 0.29) is 10.5 Å². The molecule has 7 heteroatoms. The van der Waals surface area contributed by atoms with E-state index in [1.165, 1.54) is 11.4 Å². The Labute approximate surface area is 181 Å². The minimum absolute atomic E-state index is 0.207. The van der Waals surface area contributed by atoms with Crippen LogP contribution in [0.4, 0.5) is 5.69 Å². The number of nitrogens with zero attached hydrogens (tertiary/aromatic N) is 1. The van der Waals surface area contributed by atoms with Crippen molar-refractivity contribution in [3.05, 3.63) is 89.0 Å². The maximum atomic E-state index is 13.4. The Morgan fingerprint density at radius 1 is 1.03 bits per heavy atom. The highest BCUT2D eigenvalue weighted by molar-refractivity contribution is 7.92. The highest BCUT2D eigenvalue weighted by atomic mass is 32.2. The van der Waals surface area contributed by atoms with E-state index >= 15 is 0 Å². The zero-order chi connectivity index (χ0) is 22.0. The van der Waals surface area contributed by atoms with Gasteiger partial charge in [-0.1, -0.05) is 36.4 Å². The summed E-state index contributed by atoms with van der Waals surface area (Å²) in [7, 11) is -2.21. The van der Waals surface area contributed by atoms with Gasteiger partial charge < -0.3 is 9.84 Å². The minimum atomic E-state index is -3.72. The molecule has 1 heterocycles. The van der Waals surface area contributed by atoms with Crippen molar-refractivity contribution in [2.75, 3.05) is 18.0 Å². The molecule has 0 saturated carbocycles. The van der Waals surface area contributed by atoms with Crippen molar-refractivity contribution in [2.45, 2.75) is 24.2 Å². The molecule has 0 radical (unpaired) electrons. The molecule has 0 bridgehead atoms. The van der Waals surface area contributed by atoms with E-state index < -0.39 is 16.0 Å². The van der Waals surface area contributed by atoms with Gasteiger partial charge in [0.05, 0.1) is 23.3 Å². The van der Waals surface area contributed by atoms with Crippen molar-refractivity contribution in [1.82, 2.24) is 0 Å². The van der Waals surface area contributed by atoms with Crippen LogP contribution in [0.25, 0.3) is 0 Å². The number of aryl methyl sites for hydroxylation is 2. The largest absolute Gasteiger partial charge is 0.497 e. The van der Waals surface area contributed by atoms with Gasteiger partial charge in [-0.15, -0.1) is 0 Å². The number of carbonyl (C=O) groups is 1.